The molecule has 8 nitrogen and oxygen atoms in total. The topological polar surface area (TPSA) is 104 Å². The van der Waals surface area contributed by atoms with Gasteiger partial charge < -0.3 is 9.80 Å². The zero-order valence-corrected chi connectivity index (χ0v) is 21.5. The van der Waals surface area contributed by atoms with Crippen LogP contribution in [0.25, 0.3) is 6.08 Å². The van der Waals surface area contributed by atoms with E-state index in [4.69, 9.17) is 0 Å². The summed E-state index contributed by atoms with van der Waals surface area (Å²) in [5.41, 5.74) is 1.22. The van der Waals surface area contributed by atoms with Crippen molar-refractivity contribution < 1.29 is 21.6 Å². The highest BCUT2D eigenvalue weighted by Gasteiger charge is 2.15. The Hall–Kier alpha value is -2.24. The normalized spacial score (nSPS) is 12.0. The van der Waals surface area contributed by atoms with Crippen molar-refractivity contribution in [3.8, 4) is 0 Å². The summed E-state index contributed by atoms with van der Waals surface area (Å²) in [5, 5.41) is 0. The average molecular weight is 516 g/mol. The molecule has 33 heavy (non-hydrogen) atoms. The van der Waals surface area contributed by atoms with Crippen molar-refractivity contribution in [3.63, 3.8) is 0 Å². The summed E-state index contributed by atoms with van der Waals surface area (Å²) in [6.07, 6.45) is 4.78. The van der Waals surface area contributed by atoms with Crippen LogP contribution in [0.5, 0.6) is 0 Å². The first kappa shape index (κ1) is 28.8. The molecule has 11 heteroatoms. The molecule has 0 fully saturated rings. The number of sulfone groups is 1. The number of hydrogen-bond acceptors (Lipinski definition) is 6. The minimum absolute atomic E-state index is 0. The van der Waals surface area contributed by atoms with Gasteiger partial charge in [-0.25, -0.2) is 21.6 Å². The van der Waals surface area contributed by atoms with E-state index >= 15 is 0 Å². The Morgan fingerprint density at radius 1 is 0.909 bits per heavy atom. The second-order valence-electron chi connectivity index (χ2n) is 7.62. The van der Waals surface area contributed by atoms with E-state index in [1.54, 1.807) is 37.4 Å². The summed E-state index contributed by atoms with van der Waals surface area (Å²) in [6.45, 7) is 1.13. The third-order valence-corrected chi connectivity index (χ3v) is 7.27. The molecule has 0 saturated heterocycles. The zero-order valence-electron chi connectivity index (χ0n) is 19.1. The molecule has 182 valence electrons. The second kappa shape index (κ2) is 12.3. The van der Waals surface area contributed by atoms with Crippen molar-refractivity contribution in [3.05, 3.63) is 60.2 Å². The van der Waals surface area contributed by atoms with E-state index < -0.39 is 19.9 Å². The fourth-order valence-corrected chi connectivity index (χ4v) is 4.47. The summed E-state index contributed by atoms with van der Waals surface area (Å²) >= 11 is 0. The van der Waals surface area contributed by atoms with Crippen molar-refractivity contribution in [2.24, 2.45) is 0 Å². The Balaban J connectivity index is 0.00000544. The van der Waals surface area contributed by atoms with Crippen LogP contribution in [0.15, 0.2) is 64.4 Å². The first-order valence-corrected chi connectivity index (χ1v) is 13.3. The molecule has 0 saturated carbocycles. The third kappa shape index (κ3) is 8.90. The lowest BCUT2D eigenvalue weighted by molar-refractivity contribution is -0.113. The molecule has 2 rings (SSSR count). The molecule has 0 aliphatic heterocycles. The van der Waals surface area contributed by atoms with E-state index in [9.17, 15) is 21.6 Å². The van der Waals surface area contributed by atoms with Gasteiger partial charge in [-0.2, -0.15) is 0 Å². The lowest BCUT2D eigenvalue weighted by Crippen LogP contribution is -2.27. The van der Waals surface area contributed by atoms with Gasteiger partial charge in [0.2, 0.25) is 10.0 Å². The molecule has 0 aliphatic rings. The smallest absolute Gasteiger partial charge is 0.250 e. The molecule has 0 spiro atoms. The number of nitrogens with zero attached hydrogens (tertiary/aromatic N) is 2. The molecule has 0 atom stereocenters. The van der Waals surface area contributed by atoms with Gasteiger partial charge in [0.05, 0.1) is 9.79 Å². The largest absolute Gasteiger partial charge is 0.312 e. The fourth-order valence-electron chi connectivity index (χ4n) is 2.77. The van der Waals surface area contributed by atoms with Gasteiger partial charge in [-0.15, -0.1) is 12.4 Å². The van der Waals surface area contributed by atoms with Crippen LogP contribution in [0, 0.1) is 0 Å². The van der Waals surface area contributed by atoms with E-state index in [0.717, 1.165) is 12.8 Å². The van der Waals surface area contributed by atoms with Crippen LogP contribution in [0.1, 0.15) is 12.0 Å². The number of halogens is 1. The predicted molar refractivity (Wildman–Crippen MR) is 134 cm³/mol. The molecular weight excluding hydrogens is 486 g/mol. The van der Waals surface area contributed by atoms with Gasteiger partial charge in [0.25, 0.3) is 5.91 Å². The standard InChI is InChI=1S/C22H29N3O5S2.ClH/c1-24(2)17-5-16-23-32(29,30)21-13-9-19(10-14-21)25(3)22(26)15-8-18-6-11-20(12-7-18)31(4,27)28;/h6-15,23H,5,16-17H2,1-4H3;1H/b15-8+;. The number of amides is 1. The third-order valence-electron chi connectivity index (χ3n) is 4.67. The van der Waals surface area contributed by atoms with Crippen molar-refractivity contribution in [2.45, 2.75) is 16.2 Å². The van der Waals surface area contributed by atoms with Crippen molar-refractivity contribution in [1.82, 2.24) is 9.62 Å². The number of rotatable bonds is 10. The van der Waals surface area contributed by atoms with Crippen molar-refractivity contribution in [2.75, 3.05) is 45.4 Å². The Labute approximate surface area is 202 Å². The van der Waals surface area contributed by atoms with Crippen LogP contribution in [-0.4, -0.2) is 68.1 Å². The Morgan fingerprint density at radius 2 is 1.45 bits per heavy atom. The highest BCUT2D eigenvalue weighted by Crippen LogP contribution is 2.18. The first-order chi connectivity index (χ1) is 14.9. The zero-order chi connectivity index (χ0) is 23.9. The number of carbonyl (C=O) groups is 1. The Morgan fingerprint density at radius 3 is 1.97 bits per heavy atom. The minimum atomic E-state index is -3.61. The molecule has 0 heterocycles. The number of hydrogen-bond donors (Lipinski definition) is 1. The first-order valence-electron chi connectivity index (χ1n) is 9.90. The predicted octanol–water partition coefficient (Wildman–Crippen LogP) is 2.42. The molecule has 1 amide bonds. The Bertz CT molecular complexity index is 1160. The van der Waals surface area contributed by atoms with Gasteiger partial charge in [0, 0.05) is 31.6 Å². The van der Waals surface area contributed by atoms with Crippen LogP contribution in [0.2, 0.25) is 0 Å². The Kier molecular flexibility index (Phi) is 10.7. The summed E-state index contributed by atoms with van der Waals surface area (Å²) in [7, 11) is -1.45. The maximum Gasteiger partial charge on any atom is 0.250 e. The van der Waals surface area contributed by atoms with Crippen molar-refractivity contribution >= 4 is 49.9 Å². The second-order valence-corrected chi connectivity index (χ2v) is 11.4. The minimum Gasteiger partial charge on any atom is -0.312 e. The van der Waals surface area contributed by atoms with E-state index in [2.05, 4.69) is 4.72 Å². The molecule has 0 aromatic heterocycles. The maximum absolute atomic E-state index is 12.5. The van der Waals surface area contributed by atoms with E-state index in [1.165, 1.54) is 35.2 Å². The molecular formula is C22H30ClN3O5S2. The van der Waals surface area contributed by atoms with E-state index in [0.29, 0.717) is 24.2 Å². The molecule has 2 aromatic rings. The lowest BCUT2D eigenvalue weighted by atomic mass is 10.2. The molecule has 0 unspecified atom stereocenters. The van der Waals surface area contributed by atoms with E-state index in [-0.39, 0.29) is 28.1 Å². The fraction of sp³-hybridized carbons (Fsp3) is 0.318. The van der Waals surface area contributed by atoms with Gasteiger partial charge in [-0.1, -0.05) is 12.1 Å². The number of likely N-dealkylation sites (N-methyl/N-ethyl adjacent to an activating group) is 1. The molecule has 1 N–H and O–H groups in total. The van der Waals surface area contributed by atoms with Crippen LogP contribution >= 0.6 is 12.4 Å². The van der Waals surface area contributed by atoms with Gasteiger partial charge >= 0.3 is 0 Å². The monoisotopic (exact) mass is 515 g/mol. The van der Waals surface area contributed by atoms with Crippen LogP contribution in [-0.2, 0) is 24.7 Å². The van der Waals surface area contributed by atoms with Gasteiger partial charge in [-0.3, -0.25) is 4.79 Å². The highest BCUT2D eigenvalue weighted by molar-refractivity contribution is 7.90. The quantitative estimate of drug-likeness (QED) is 0.385. The van der Waals surface area contributed by atoms with E-state index in [1.807, 2.05) is 19.0 Å². The SMILES string of the molecule is CN(C)CCCNS(=O)(=O)c1ccc(N(C)C(=O)/C=C/c2ccc(S(C)(=O)=O)cc2)cc1.Cl. The van der Waals surface area contributed by atoms with Gasteiger partial charge in [0.1, 0.15) is 0 Å². The van der Waals surface area contributed by atoms with Crippen LogP contribution in [0.3, 0.4) is 0 Å². The van der Waals surface area contributed by atoms with Crippen molar-refractivity contribution in [1.29, 1.82) is 0 Å². The average Bonchev–Trinajstić information content (AvgIpc) is 2.74. The maximum atomic E-state index is 12.5. The molecule has 0 radical (unpaired) electrons. The van der Waals surface area contributed by atoms with Crippen LogP contribution in [0.4, 0.5) is 5.69 Å². The summed E-state index contributed by atoms with van der Waals surface area (Å²) in [4.78, 5) is 16.2. The van der Waals surface area contributed by atoms with Gasteiger partial charge in [0.15, 0.2) is 9.84 Å². The molecule has 0 aliphatic carbocycles. The van der Waals surface area contributed by atoms with Gasteiger partial charge in [-0.05, 0) is 75.1 Å². The summed E-state index contributed by atoms with van der Waals surface area (Å²) < 4.78 is 50.4. The number of sulfonamides is 1. The van der Waals surface area contributed by atoms with Crippen LogP contribution < -0.4 is 9.62 Å². The number of benzene rings is 2. The molecule has 0 bridgehead atoms. The number of nitrogens with one attached hydrogen (secondary N) is 1. The highest BCUT2D eigenvalue weighted by atomic mass is 35.5. The number of carbonyl (C=O) groups excluding carboxylic acids is 1. The summed E-state index contributed by atoms with van der Waals surface area (Å²) in [6, 6.07) is 12.3. The number of anilines is 1. The summed E-state index contributed by atoms with van der Waals surface area (Å²) in [5.74, 6) is -0.311. The molecule has 2 aromatic carbocycles. The lowest BCUT2D eigenvalue weighted by Gasteiger charge is -2.16.